The van der Waals surface area contributed by atoms with Gasteiger partial charge >= 0.3 is 0 Å². The van der Waals surface area contributed by atoms with Crippen LogP contribution >= 0.6 is 27.7 Å². The Morgan fingerprint density at radius 1 is 1.03 bits per heavy atom. The number of primary amides is 1. The molecule has 4 rings (SSSR count). The monoisotopic (exact) mass is 525 g/mol. The number of H-pyrrole nitrogens is 1. The zero-order valence-corrected chi connectivity index (χ0v) is 20.7. The molecule has 0 aliphatic heterocycles. The third-order valence-electron chi connectivity index (χ3n) is 5.18. The smallest absolute Gasteiger partial charge is 0.266 e. The topological polar surface area (TPSA) is 89.4 Å². The van der Waals surface area contributed by atoms with Crippen LogP contribution in [0.25, 0.3) is 10.9 Å². The zero-order chi connectivity index (χ0) is 23.4. The molecule has 170 valence electrons. The van der Waals surface area contributed by atoms with Crippen molar-refractivity contribution in [3.05, 3.63) is 82.0 Å². The Bertz CT molecular complexity index is 1290. The summed E-state index contributed by atoms with van der Waals surface area (Å²) in [5.41, 5.74) is 9.13. The van der Waals surface area contributed by atoms with E-state index in [2.05, 4.69) is 32.3 Å². The molecule has 0 spiro atoms. The van der Waals surface area contributed by atoms with Crippen molar-refractivity contribution in [2.45, 2.75) is 22.9 Å². The van der Waals surface area contributed by atoms with Crippen LogP contribution in [0.15, 0.2) is 74.9 Å². The van der Waals surface area contributed by atoms with Crippen molar-refractivity contribution in [2.75, 3.05) is 14.2 Å². The molecule has 0 saturated heterocycles. The third kappa shape index (κ3) is 5.19. The summed E-state index contributed by atoms with van der Waals surface area (Å²) in [4.78, 5) is 17.2. The summed E-state index contributed by atoms with van der Waals surface area (Å²) in [7, 11) is 3.24. The third-order valence-corrected chi connectivity index (χ3v) is 6.90. The van der Waals surface area contributed by atoms with Gasteiger partial charge in [-0.3, -0.25) is 4.79 Å². The van der Waals surface area contributed by atoms with Crippen molar-refractivity contribution in [1.82, 2.24) is 10.3 Å². The van der Waals surface area contributed by atoms with Gasteiger partial charge in [0.25, 0.3) is 5.91 Å². The molecule has 0 radical (unpaired) electrons. The molecule has 0 bridgehead atoms. The Morgan fingerprint density at radius 2 is 1.79 bits per heavy atom. The second-order valence-electron chi connectivity index (χ2n) is 7.41. The highest BCUT2D eigenvalue weighted by molar-refractivity contribution is 9.10. The molecular formula is C25H24BrN3O3S. The summed E-state index contributed by atoms with van der Waals surface area (Å²) >= 11 is 5.06. The Hall–Kier alpha value is -2.94. The first-order chi connectivity index (χ1) is 16.0. The van der Waals surface area contributed by atoms with Crippen LogP contribution in [0.1, 0.15) is 21.6 Å². The normalized spacial score (nSPS) is 11.0. The number of carbonyl (C=O) groups excluding carboxylic acids is 1. The number of amides is 1. The number of aromatic nitrogens is 1. The molecule has 0 unspecified atom stereocenters. The summed E-state index contributed by atoms with van der Waals surface area (Å²) in [5.74, 6) is 0.884. The zero-order valence-electron chi connectivity index (χ0n) is 18.3. The standard InChI is InChI=1S/C25H24BrN3O3S/c1-31-21-12-16(10-19(26)23(21)32-2)14-28-13-15-8-9-18-20(11-15)29-22(25(27)30)24(18)33-17-6-4-3-5-7-17/h3-12,28-29H,13-14H2,1-2H3,(H2,27,30). The van der Waals surface area contributed by atoms with Crippen LogP contribution in [0, 0.1) is 0 Å². The lowest BCUT2D eigenvalue weighted by atomic mass is 10.1. The molecule has 4 N–H and O–H groups in total. The van der Waals surface area contributed by atoms with E-state index < -0.39 is 5.91 Å². The molecule has 4 aromatic rings. The number of methoxy groups -OCH3 is 2. The predicted molar refractivity (Wildman–Crippen MR) is 135 cm³/mol. The van der Waals surface area contributed by atoms with Gasteiger partial charge in [0.05, 0.1) is 23.6 Å². The van der Waals surface area contributed by atoms with Crippen molar-refractivity contribution >= 4 is 44.5 Å². The van der Waals surface area contributed by atoms with Gasteiger partial charge in [0.1, 0.15) is 5.69 Å². The highest BCUT2D eigenvalue weighted by Crippen LogP contribution is 2.37. The van der Waals surface area contributed by atoms with Gasteiger partial charge in [-0.2, -0.15) is 0 Å². The second-order valence-corrected chi connectivity index (χ2v) is 9.34. The maximum atomic E-state index is 12.1. The lowest BCUT2D eigenvalue weighted by Gasteiger charge is -2.12. The summed E-state index contributed by atoms with van der Waals surface area (Å²) in [5, 5.41) is 4.43. The van der Waals surface area contributed by atoms with E-state index in [1.54, 1.807) is 14.2 Å². The molecule has 0 saturated carbocycles. The fourth-order valence-electron chi connectivity index (χ4n) is 3.64. The first-order valence-electron chi connectivity index (χ1n) is 10.3. The number of rotatable bonds is 9. The fraction of sp³-hybridized carbons (Fsp3) is 0.160. The van der Waals surface area contributed by atoms with Crippen LogP contribution in [0.2, 0.25) is 0 Å². The number of benzene rings is 3. The minimum atomic E-state index is -0.469. The van der Waals surface area contributed by atoms with Gasteiger partial charge in [0.2, 0.25) is 0 Å². The molecular weight excluding hydrogens is 502 g/mol. The number of fused-ring (bicyclic) bond motifs is 1. The SMILES string of the molecule is COc1cc(CNCc2ccc3c(Sc4ccccc4)c(C(N)=O)[nH]c3c2)cc(Br)c1OC. The van der Waals surface area contributed by atoms with Crippen molar-refractivity contribution < 1.29 is 14.3 Å². The number of aromatic amines is 1. The highest BCUT2D eigenvalue weighted by Gasteiger charge is 2.17. The van der Waals surface area contributed by atoms with Crippen molar-refractivity contribution in [3.63, 3.8) is 0 Å². The first kappa shape index (κ1) is 23.2. The van der Waals surface area contributed by atoms with E-state index >= 15 is 0 Å². The number of hydrogen-bond donors (Lipinski definition) is 3. The largest absolute Gasteiger partial charge is 0.493 e. The molecule has 3 aromatic carbocycles. The van der Waals surface area contributed by atoms with Gasteiger partial charge in [-0.15, -0.1) is 0 Å². The lowest BCUT2D eigenvalue weighted by Crippen LogP contribution is -2.13. The molecule has 0 atom stereocenters. The Balaban J connectivity index is 1.52. The van der Waals surface area contributed by atoms with Gasteiger partial charge in [0, 0.05) is 28.9 Å². The molecule has 0 aliphatic rings. The maximum absolute atomic E-state index is 12.1. The van der Waals surface area contributed by atoms with Crippen LogP contribution in [-0.4, -0.2) is 25.1 Å². The van der Waals surface area contributed by atoms with Crippen LogP contribution in [0.5, 0.6) is 11.5 Å². The molecule has 33 heavy (non-hydrogen) atoms. The number of carbonyl (C=O) groups is 1. The van der Waals surface area contributed by atoms with Gasteiger partial charge in [-0.25, -0.2) is 0 Å². The molecule has 1 amide bonds. The van der Waals surface area contributed by atoms with Crippen LogP contribution in [0.3, 0.4) is 0 Å². The number of nitrogens with two attached hydrogens (primary N) is 1. The average Bonchev–Trinajstić information content (AvgIpc) is 3.17. The second kappa shape index (κ2) is 10.3. The fourth-order valence-corrected chi connectivity index (χ4v) is 5.36. The van der Waals surface area contributed by atoms with Gasteiger partial charge in [-0.05, 0) is 57.4 Å². The van der Waals surface area contributed by atoms with E-state index in [1.165, 1.54) is 11.8 Å². The number of nitrogens with one attached hydrogen (secondary N) is 2. The minimum Gasteiger partial charge on any atom is -0.493 e. The Kier molecular flexibility index (Phi) is 7.27. The molecule has 8 heteroatoms. The van der Waals surface area contributed by atoms with Crippen LogP contribution in [0.4, 0.5) is 0 Å². The van der Waals surface area contributed by atoms with Gasteiger partial charge in [0.15, 0.2) is 11.5 Å². The van der Waals surface area contributed by atoms with E-state index in [4.69, 9.17) is 15.2 Å². The molecule has 1 heterocycles. The van der Waals surface area contributed by atoms with Crippen molar-refractivity contribution in [3.8, 4) is 11.5 Å². The maximum Gasteiger partial charge on any atom is 0.266 e. The summed E-state index contributed by atoms with van der Waals surface area (Å²) in [6, 6.07) is 20.1. The average molecular weight is 526 g/mol. The van der Waals surface area contributed by atoms with E-state index in [1.807, 2.05) is 54.6 Å². The Labute approximate surface area is 205 Å². The first-order valence-corrected chi connectivity index (χ1v) is 11.9. The predicted octanol–water partition coefficient (Wildman–Crippen LogP) is 5.49. The summed E-state index contributed by atoms with van der Waals surface area (Å²) < 4.78 is 11.6. The van der Waals surface area contributed by atoms with E-state index in [-0.39, 0.29) is 0 Å². The Morgan fingerprint density at radius 3 is 2.48 bits per heavy atom. The van der Waals surface area contributed by atoms with E-state index in [9.17, 15) is 4.79 Å². The van der Waals surface area contributed by atoms with E-state index in [0.717, 1.165) is 36.3 Å². The molecule has 0 aliphatic carbocycles. The minimum absolute atomic E-state index is 0.430. The molecule has 6 nitrogen and oxygen atoms in total. The summed E-state index contributed by atoms with van der Waals surface area (Å²) in [6.07, 6.45) is 0. The van der Waals surface area contributed by atoms with Crippen LogP contribution in [-0.2, 0) is 13.1 Å². The summed E-state index contributed by atoms with van der Waals surface area (Å²) in [6.45, 7) is 1.32. The quantitative estimate of drug-likeness (QED) is 0.269. The van der Waals surface area contributed by atoms with Crippen LogP contribution < -0.4 is 20.5 Å². The molecule has 0 fully saturated rings. The number of halogens is 1. The number of ether oxygens (including phenoxy) is 2. The molecule has 1 aromatic heterocycles. The van der Waals surface area contributed by atoms with E-state index in [0.29, 0.717) is 30.3 Å². The van der Waals surface area contributed by atoms with Gasteiger partial charge < -0.3 is 25.5 Å². The van der Waals surface area contributed by atoms with Crippen molar-refractivity contribution in [2.24, 2.45) is 5.73 Å². The van der Waals surface area contributed by atoms with Gasteiger partial charge in [-0.1, -0.05) is 42.1 Å². The number of hydrogen-bond acceptors (Lipinski definition) is 5. The van der Waals surface area contributed by atoms with Crippen molar-refractivity contribution in [1.29, 1.82) is 0 Å². The highest BCUT2D eigenvalue weighted by atomic mass is 79.9. The lowest BCUT2D eigenvalue weighted by molar-refractivity contribution is 0.0993.